The molecule has 2 amide bonds. The van der Waals surface area contributed by atoms with Crippen molar-refractivity contribution in [3.8, 4) is 17.1 Å². The number of aromatic nitrogens is 1. The molecule has 10 heteroatoms. The lowest BCUT2D eigenvalue weighted by Crippen LogP contribution is -2.43. The smallest absolute Gasteiger partial charge is 0.309 e. The predicted octanol–water partition coefficient (Wildman–Crippen LogP) is 3.16. The van der Waals surface area contributed by atoms with Crippen LogP contribution >= 0.6 is 0 Å². The molecule has 2 saturated heterocycles. The number of methoxy groups -OCH3 is 1. The van der Waals surface area contributed by atoms with E-state index in [1.54, 1.807) is 29.9 Å². The Labute approximate surface area is 216 Å². The van der Waals surface area contributed by atoms with E-state index in [0.717, 1.165) is 18.4 Å². The first-order chi connectivity index (χ1) is 18.0. The fraction of sp³-hybridized carbons (Fsp3) is 0.556. The molecule has 10 nitrogen and oxygen atoms in total. The molecule has 200 valence electrons. The average Bonchev–Trinajstić information content (AvgIpc) is 3.63. The van der Waals surface area contributed by atoms with Crippen molar-refractivity contribution in [2.75, 3.05) is 46.5 Å². The number of hydrogen-bond acceptors (Lipinski definition) is 8. The summed E-state index contributed by atoms with van der Waals surface area (Å²) >= 11 is 0. The largest absolute Gasteiger partial charge is 0.497 e. The van der Waals surface area contributed by atoms with Gasteiger partial charge in [0.25, 0.3) is 5.91 Å². The molecule has 2 fully saturated rings. The van der Waals surface area contributed by atoms with Gasteiger partial charge in [0.1, 0.15) is 5.75 Å². The number of ether oxygens (including phenoxy) is 3. The third-order valence-electron chi connectivity index (χ3n) is 6.88. The van der Waals surface area contributed by atoms with Crippen molar-refractivity contribution in [3.63, 3.8) is 0 Å². The second-order valence-corrected chi connectivity index (χ2v) is 9.35. The Hall–Kier alpha value is -3.40. The SMILES string of the molecule is CCOC(=O)C1CCN(C(=O)CCN(C[C@H]2CCCO2)C(=O)c2cc(-c3cccc(OC)c3)on2)CC1. The van der Waals surface area contributed by atoms with Crippen molar-refractivity contribution in [1.82, 2.24) is 15.0 Å². The predicted molar refractivity (Wildman–Crippen MR) is 134 cm³/mol. The number of benzene rings is 1. The molecule has 0 aliphatic carbocycles. The molecule has 3 heterocycles. The van der Waals surface area contributed by atoms with Crippen LogP contribution in [-0.4, -0.2) is 85.3 Å². The number of carbonyl (C=O) groups excluding carboxylic acids is 3. The highest BCUT2D eigenvalue weighted by Gasteiger charge is 2.30. The summed E-state index contributed by atoms with van der Waals surface area (Å²) in [4.78, 5) is 41.7. The number of esters is 1. The number of amides is 2. The summed E-state index contributed by atoms with van der Waals surface area (Å²) in [6.45, 7) is 4.47. The minimum absolute atomic E-state index is 0.0373. The molecule has 0 N–H and O–H groups in total. The van der Waals surface area contributed by atoms with Crippen molar-refractivity contribution in [2.24, 2.45) is 5.92 Å². The van der Waals surface area contributed by atoms with E-state index >= 15 is 0 Å². The highest BCUT2D eigenvalue weighted by molar-refractivity contribution is 5.93. The van der Waals surface area contributed by atoms with Crippen LogP contribution in [0.15, 0.2) is 34.9 Å². The fourth-order valence-corrected chi connectivity index (χ4v) is 4.77. The summed E-state index contributed by atoms with van der Waals surface area (Å²) in [6, 6.07) is 8.93. The molecule has 1 aromatic heterocycles. The topological polar surface area (TPSA) is 111 Å². The lowest BCUT2D eigenvalue weighted by Gasteiger charge is -2.32. The highest BCUT2D eigenvalue weighted by Crippen LogP contribution is 2.25. The van der Waals surface area contributed by atoms with Gasteiger partial charge in [-0.15, -0.1) is 0 Å². The molecular weight excluding hydrogens is 478 g/mol. The van der Waals surface area contributed by atoms with Gasteiger partial charge in [0.05, 0.1) is 25.7 Å². The van der Waals surface area contributed by atoms with Gasteiger partial charge in [-0.3, -0.25) is 14.4 Å². The second-order valence-electron chi connectivity index (χ2n) is 9.35. The summed E-state index contributed by atoms with van der Waals surface area (Å²) in [5.74, 6) is 0.440. The molecule has 0 spiro atoms. The molecule has 4 rings (SSSR count). The lowest BCUT2D eigenvalue weighted by atomic mass is 9.97. The van der Waals surface area contributed by atoms with Crippen LogP contribution in [0.1, 0.15) is 49.5 Å². The van der Waals surface area contributed by atoms with Crippen LogP contribution in [0.2, 0.25) is 0 Å². The maximum Gasteiger partial charge on any atom is 0.309 e. The van der Waals surface area contributed by atoms with Gasteiger partial charge in [-0.2, -0.15) is 0 Å². The monoisotopic (exact) mass is 513 g/mol. The first-order valence-corrected chi connectivity index (χ1v) is 12.9. The zero-order valence-electron chi connectivity index (χ0n) is 21.5. The molecule has 1 atom stereocenters. The van der Waals surface area contributed by atoms with Gasteiger partial charge < -0.3 is 28.5 Å². The maximum atomic E-state index is 13.4. The summed E-state index contributed by atoms with van der Waals surface area (Å²) in [6.07, 6.45) is 3.12. The van der Waals surface area contributed by atoms with Gasteiger partial charge in [0, 0.05) is 50.8 Å². The Kier molecular flexibility index (Phi) is 9.16. The molecule has 37 heavy (non-hydrogen) atoms. The Balaban J connectivity index is 1.38. The molecular formula is C27H35N3O7. The maximum absolute atomic E-state index is 13.4. The van der Waals surface area contributed by atoms with E-state index < -0.39 is 0 Å². The summed E-state index contributed by atoms with van der Waals surface area (Å²) in [5, 5.41) is 4.01. The van der Waals surface area contributed by atoms with Crippen LogP contribution in [0.4, 0.5) is 0 Å². The summed E-state index contributed by atoms with van der Waals surface area (Å²) < 4.78 is 21.6. The molecule has 0 bridgehead atoms. The minimum atomic E-state index is -0.304. The molecule has 0 unspecified atom stereocenters. The van der Waals surface area contributed by atoms with E-state index in [9.17, 15) is 14.4 Å². The number of carbonyl (C=O) groups is 3. The standard InChI is InChI=1S/C27H35N3O7/c1-3-35-27(33)19-9-12-29(13-10-19)25(31)11-14-30(18-22-8-5-15-36-22)26(32)23-17-24(37-28-23)20-6-4-7-21(16-20)34-2/h4,6-7,16-17,19,22H,3,5,8-15,18H2,1-2H3/t22-/m1/s1. The van der Waals surface area contributed by atoms with Crippen LogP contribution in [0.3, 0.4) is 0 Å². The normalized spacial score (nSPS) is 18.0. The number of nitrogens with zero attached hydrogens (tertiary/aromatic N) is 3. The quantitative estimate of drug-likeness (QED) is 0.446. The molecule has 2 aliphatic rings. The van der Waals surface area contributed by atoms with Gasteiger partial charge in [-0.05, 0) is 44.7 Å². The van der Waals surface area contributed by atoms with E-state index in [2.05, 4.69) is 5.16 Å². The van der Waals surface area contributed by atoms with Crippen LogP contribution in [0.25, 0.3) is 11.3 Å². The number of likely N-dealkylation sites (tertiary alicyclic amines) is 1. The number of piperidine rings is 1. The van der Waals surface area contributed by atoms with Crippen LogP contribution in [-0.2, 0) is 19.1 Å². The van der Waals surface area contributed by atoms with Gasteiger partial charge in [0.2, 0.25) is 5.91 Å². The second kappa shape index (κ2) is 12.7. The van der Waals surface area contributed by atoms with Gasteiger partial charge in [0.15, 0.2) is 11.5 Å². The van der Waals surface area contributed by atoms with E-state index in [4.69, 9.17) is 18.7 Å². The van der Waals surface area contributed by atoms with Crippen molar-refractivity contribution in [1.29, 1.82) is 0 Å². The molecule has 0 radical (unpaired) electrons. The van der Waals surface area contributed by atoms with Gasteiger partial charge >= 0.3 is 5.97 Å². The van der Waals surface area contributed by atoms with E-state index in [1.807, 2.05) is 24.3 Å². The van der Waals surface area contributed by atoms with E-state index in [1.165, 1.54) is 0 Å². The molecule has 1 aromatic carbocycles. The number of hydrogen-bond donors (Lipinski definition) is 0. The third-order valence-corrected chi connectivity index (χ3v) is 6.88. The fourth-order valence-electron chi connectivity index (χ4n) is 4.77. The zero-order valence-corrected chi connectivity index (χ0v) is 21.5. The third kappa shape index (κ3) is 6.88. The van der Waals surface area contributed by atoms with Crippen LogP contribution in [0, 0.1) is 5.92 Å². The first-order valence-electron chi connectivity index (χ1n) is 12.9. The van der Waals surface area contributed by atoms with Crippen LogP contribution in [0.5, 0.6) is 5.75 Å². The van der Waals surface area contributed by atoms with Crippen molar-refractivity contribution < 1.29 is 33.1 Å². The van der Waals surface area contributed by atoms with Gasteiger partial charge in [-0.1, -0.05) is 17.3 Å². The van der Waals surface area contributed by atoms with E-state index in [0.29, 0.717) is 57.2 Å². The van der Waals surface area contributed by atoms with E-state index in [-0.39, 0.29) is 48.5 Å². The molecule has 0 saturated carbocycles. The van der Waals surface area contributed by atoms with Crippen molar-refractivity contribution >= 4 is 17.8 Å². The molecule has 2 aliphatic heterocycles. The Morgan fingerprint density at radius 1 is 1.16 bits per heavy atom. The Morgan fingerprint density at radius 3 is 2.68 bits per heavy atom. The highest BCUT2D eigenvalue weighted by atomic mass is 16.5. The number of rotatable bonds is 10. The zero-order chi connectivity index (χ0) is 26.2. The Morgan fingerprint density at radius 2 is 1.97 bits per heavy atom. The van der Waals surface area contributed by atoms with Gasteiger partial charge in [-0.25, -0.2) is 0 Å². The van der Waals surface area contributed by atoms with Crippen molar-refractivity contribution in [3.05, 3.63) is 36.0 Å². The van der Waals surface area contributed by atoms with Crippen molar-refractivity contribution in [2.45, 2.75) is 45.1 Å². The minimum Gasteiger partial charge on any atom is -0.497 e. The summed E-state index contributed by atoms with van der Waals surface area (Å²) in [7, 11) is 1.58. The summed E-state index contributed by atoms with van der Waals surface area (Å²) in [5.41, 5.74) is 0.927. The Bertz CT molecular complexity index is 1070. The average molecular weight is 514 g/mol. The molecule has 2 aromatic rings. The van der Waals surface area contributed by atoms with Crippen LogP contribution < -0.4 is 4.74 Å². The lowest BCUT2D eigenvalue weighted by molar-refractivity contribution is -0.151. The first kappa shape index (κ1) is 26.7.